The smallest absolute Gasteiger partial charge is 0.272 e. The highest BCUT2D eigenvalue weighted by atomic mass is 16.5. The predicted octanol–water partition coefficient (Wildman–Crippen LogP) is 0.666. The first kappa shape index (κ1) is 17.8. The van der Waals surface area contributed by atoms with Crippen molar-refractivity contribution in [3.63, 3.8) is 0 Å². The molecule has 2 aliphatic heterocycles. The average molecular weight is 368 g/mol. The lowest BCUT2D eigenvalue weighted by atomic mass is 10.2. The molecule has 8 nitrogen and oxygen atoms in total. The largest absolute Gasteiger partial charge is 0.378 e. The Hall–Kier alpha value is -2.58. The Kier molecular flexibility index (Phi) is 5.55. The van der Waals surface area contributed by atoms with E-state index in [1.54, 1.807) is 6.07 Å². The number of piperazine rings is 1. The zero-order valence-electron chi connectivity index (χ0n) is 15.3. The van der Waals surface area contributed by atoms with Gasteiger partial charge in [0.25, 0.3) is 5.91 Å². The van der Waals surface area contributed by atoms with Crippen molar-refractivity contribution in [1.82, 2.24) is 24.8 Å². The van der Waals surface area contributed by atoms with Gasteiger partial charge in [0.1, 0.15) is 17.8 Å². The van der Waals surface area contributed by atoms with Crippen LogP contribution in [0.1, 0.15) is 16.2 Å². The summed E-state index contributed by atoms with van der Waals surface area (Å²) in [7, 11) is 0. The number of carbonyl (C=O) groups is 1. The van der Waals surface area contributed by atoms with E-state index >= 15 is 0 Å². The van der Waals surface area contributed by atoms with Crippen molar-refractivity contribution < 1.29 is 9.53 Å². The Morgan fingerprint density at radius 2 is 1.81 bits per heavy atom. The normalized spacial score (nSPS) is 18.5. The zero-order valence-corrected chi connectivity index (χ0v) is 15.3. The number of pyridine rings is 1. The molecule has 2 aromatic heterocycles. The summed E-state index contributed by atoms with van der Waals surface area (Å²) in [5.74, 6) is 0.773. The highest BCUT2D eigenvalue weighted by Gasteiger charge is 2.24. The molecule has 2 saturated heterocycles. The van der Waals surface area contributed by atoms with Gasteiger partial charge in [0.05, 0.1) is 18.9 Å². The fraction of sp³-hybridized carbons (Fsp3) is 0.474. The van der Waals surface area contributed by atoms with Crippen molar-refractivity contribution in [3.05, 3.63) is 48.2 Å². The van der Waals surface area contributed by atoms with Crippen molar-refractivity contribution in [1.29, 1.82) is 0 Å². The van der Waals surface area contributed by atoms with E-state index in [-0.39, 0.29) is 5.91 Å². The maximum Gasteiger partial charge on any atom is 0.272 e. The molecule has 0 spiro atoms. The summed E-state index contributed by atoms with van der Waals surface area (Å²) in [6, 6.07) is 7.76. The summed E-state index contributed by atoms with van der Waals surface area (Å²) >= 11 is 0. The van der Waals surface area contributed by atoms with Gasteiger partial charge in [-0.2, -0.15) is 0 Å². The predicted molar refractivity (Wildman–Crippen MR) is 100 cm³/mol. The van der Waals surface area contributed by atoms with Crippen LogP contribution in [0.3, 0.4) is 0 Å². The minimum absolute atomic E-state index is 0.0237. The quantitative estimate of drug-likeness (QED) is 0.785. The van der Waals surface area contributed by atoms with Crippen molar-refractivity contribution in [3.8, 4) is 0 Å². The van der Waals surface area contributed by atoms with Gasteiger partial charge in [-0.15, -0.1) is 0 Å². The van der Waals surface area contributed by atoms with Crippen molar-refractivity contribution in [2.24, 2.45) is 0 Å². The van der Waals surface area contributed by atoms with Gasteiger partial charge in [-0.05, 0) is 12.1 Å². The molecule has 0 saturated carbocycles. The lowest BCUT2D eigenvalue weighted by Crippen LogP contribution is -2.48. The van der Waals surface area contributed by atoms with E-state index in [2.05, 4.69) is 24.8 Å². The monoisotopic (exact) mass is 368 g/mol. The summed E-state index contributed by atoms with van der Waals surface area (Å²) in [5, 5.41) is 0. The van der Waals surface area contributed by atoms with Crippen LogP contribution in [0.2, 0.25) is 0 Å². The number of ether oxygens (including phenoxy) is 1. The molecule has 0 atom stereocenters. The zero-order chi connectivity index (χ0) is 18.5. The topological polar surface area (TPSA) is 74.7 Å². The molecule has 0 radical (unpaired) electrons. The summed E-state index contributed by atoms with van der Waals surface area (Å²) in [6.45, 7) is 6.83. The number of hydrogen-bond donors (Lipinski definition) is 0. The second-order valence-electron chi connectivity index (χ2n) is 6.75. The standard InChI is InChI=1S/C19H24N6O2/c26-19(17-13-18(22-15-21-17)24-9-11-27-12-10-24)25-7-5-23(6-8-25)14-16-3-1-2-4-20-16/h1-4,13,15H,5-12,14H2. The number of morpholine rings is 1. The Morgan fingerprint density at radius 1 is 1.00 bits per heavy atom. The molecular weight excluding hydrogens is 344 g/mol. The maximum atomic E-state index is 12.9. The Morgan fingerprint density at radius 3 is 2.56 bits per heavy atom. The first-order valence-corrected chi connectivity index (χ1v) is 9.36. The first-order valence-electron chi connectivity index (χ1n) is 9.36. The maximum absolute atomic E-state index is 12.9. The third-order valence-corrected chi connectivity index (χ3v) is 4.98. The Labute approximate surface area is 158 Å². The number of amides is 1. The van der Waals surface area contributed by atoms with E-state index in [4.69, 9.17) is 4.74 Å². The van der Waals surface area contributed by atoms with E-state index in [1.807, 2.05) is 29.3 Å². The average Bonchev–Trinajstić information content (AvgIpc) is 2.75. The van der Waals surface area contributed by atoms with Crippen LogP contribution in [0, 0.1) is 0 Å². The van der Waals surface area contributed by atoms with Gasteiger partial charge in [0.15, 0.2) is 0 Å². The number of nitrogens with zero attached hydrogens (tertiary/aromatic N) is 6. The molecule has 0 unspecified atom stereocenters. The molecule has 27 heavy (non-hydrogen) atoms. The second-order valence-corrected chi connectivity index (χ2v) is 6.75. The molecule has 8 heteroatoms. The van der Waals surface area contributed by atoms with Crippen LogP contribution in [0.4, 0.5) is 5.82 Å². The summed E-state index contributed by atoms with van der Waals surface area (Å²) in [6.07, 6.45) is 3.30. The number of anilines is 1. The van der Waals surface area contributed by atoms with Gasteiger partial charge >= 0.3 is 0 Å². The molecule has 2 fully saturated rings. The van der Waals surface area contributed by atoms with Crippen LogP contribution >= 0.6 is 0 Å². The minimum atomic E-state index is -0.0237. The molecular formula is C19H24N6O2. The van der Waals surface area contributed by atoms with Gasteiger partial charge in [-0.3, -0.25) is 14.7 Å². The van der Waals surface area contributed by atoms with E-state index in [0.717, 1.165) is 44.2 Å². The number of rotatable bonds is 4. The lowest BCUT2D eigenvalue weighted by molar-refractivity contribution is 0.0621. The van der Waals surface area contributed by atoms with Crippen molar-refractivity contribution in [2.45, 2.75) is 6.54 Å². The third-order valence-electron chi connectivity index (χ3n) is 4.98. The van der Waals surface area contributed by atoms with E-state index in [0.29, 0.717) is 32.0 Å². The lowest BCUT2D eigenvalue weighted by Gasteiger charge is -2.34. The molecule has 1 amide bonds. The first-order chi connectivity index (χ1) is 13.3. The summed E-state index contributed by atoms with van der Waals surface area (Å²) in [4.78, 5) is 32.1. The SMILES string of the molecule is O=C(c1cc(N2CCOCC2)ncn1)N1CCN(Cc2ccccn2)CC1. The van der Waals surface area contributed by atoms with Gasteiger partial charge in [0.2, 0.25) is 0 Å². The fourth-order valence-corrected chi connectivity index (χ4v) is 3.42. The number of carbonyl (C=O) groups excluding carboxylic acids is 1. The molecule has 0 bridgehead atoms. The number of aromatic nitrogens is 3. The van der Waals surface area contributed by atoms with Gasteiger partial charge in [-0.1, -0.05) is 6.07 Å². The molecule has 0 aromatic carbocycles. The molecule has 2 aromatic rings. The molecule has 4 heterocycles. The van der Waals surface area contributed by atoms with E-state index < -0.39 is 0 Å². The van der Waals surface area contributed by atoms with Gasteiger partial charge in [0, 0.05) is 58.1 Å². The van der Waals surface area contributed by atoms with Crippen LogP contribution in [-0.2, 0) is 11.3 Å². The minimum Gasteiger partial charge on any atom is -0.378 e. The van der Waals surface area contributed by atoms with Crippen LogP contribution in [0.5, 0.6) is 0 Å². The summed E-state index contributed by atoms with van der Waals surface area (Å²) < 4.78 is 5.38. The van der Waals surface area contributed by atoms with Crippen LogP contribution in [-0.4, -0.2) is 83.1 Å². The second kappa shape index (κ2) is 8.41. The molecule has 2 aliphatic rings. The van der Waals surface area contributed by atoms with Crippen molar-refractivity contribution >= 4 is 11.7 Å². The van der Waals surface area contributed by atoms with Gasteiger partial charge in [-0.25, -0.2) is 9.97 Å². The number of hydrogen-bond acceptors (Lipinski definition) is 7. The third kappa shape index (κ3) is 4.40. The van der Waals surface area contributed by atoms with Crippen LogP contribution in [0.15, 0.2) is 36.8 Å². The Bertz CT molecular complexity index is 758. The molecule has 4 rings (SSSR count). The fourth-order valence-electron chi connectivity index (χ4n) is 3.42. The Balaban J connectivity index is 1.35. The molecule has 0 aliphatic carbocycles. The van der Waals surface area contributed by atoms with E-state index in [1.165, 1.54) is 6.33 Å². The van der Waals surface area contributed by atoms with Crippen LogP contribution in [0.25, 0.3) is 0 Å². The van der Waals surface area contributed by atoms with Gasteiger partial charge < -0.3 is 14.5 Å². The molecule has 0 N–H and O–H groups in total. The molecule has 142 valence electrons. The highest BCUT2D eigenvalue weighted by molar-refractivity contribution is 5.93. The van der Waals surface area contributed by atoms with Crippen LogP contribution < -0.4 is 4.90 Å². The summed E-state index contributed by atoms with van der Waals surface area (Å²) in [5.41, 5.74) is 1.52. The highest BCUT2D eigenvalue weighted by Crippen LogP contribution is 2.15. The van der Waals surface area contributed by atoms with E-state index in [9.17, 15) is 4.79 Å². The van der Waals surface area contributed by atoms with Crippen molar-refractivity contribution in [2.75, 3.05) is 57.4 Å².